The zero-order chi connectivity index (χ0) is 14.8. The van der Waals surface area contributed by atoms with Crippen molar-refractivity contribution in [1.29, 1.82) is 0 Å². The number of nitrogens with one attached hydrogen (secondary N) is 1. The first-order chi connectivity index (χ1) is 9.48. The Labute approximate surface area is 121 Å². The summed E-state index contributed by atoms with van der Waals surface area (Å²) in [5.41, 5.74) is 0.814. The average molecular weight is 297 g/mol. The molecule has 0 unspecified atom stereocenters. The van der Waals surface area contributed by atoms with E-state index < -0.39 is 10.0 Å². The molecule has 0 bridgehead atoms. The SMILES string of the molecule is CCCN(c1ccccc1S(=O)(=O)N(C)C)C1CNC1. The Morgan fingerprint density at radius 2 is 1.90 bits per heavy atom. The van der Waals surface area contributed by atoms with Crippen molar-refractivity contribution in [2.24, 2.45) is 0 Å². The van der Waals surface area contributed by atoms with Gasteiger partial charge in [-0.1, -0.05) is 19.1 Å². The highest BCUT2D eigenvalue weighted by atomic mass is 32.2. The van der Waals surface area contributed by atoms with Gasteiger partial charge in [-0.15, -0.1) is 0 Å². The predicted octanol–water partition coefficient (Wildman–Crippen LogP) is 1.13. The number of benzene rings is 1. The van der Waals surface area contributed by atoms with Gasteiger partial charge in [0.1, 0.15) is 4.90 Å². The fourth-order valence-electron chi connectivity index (χ4n) is 2.34. The smallest absolute Gasteiger partial charge is 0.244 e. The predicted molar refractivity (Wildman–Crippen MR) is 81.6 cm³/mol. The average Bonchev–Trinajstić information content (AvgIpc) is 2.36. The number of rotatable bonds is 6. The lowest BCUT2D eigenvalue weighted by molar-refractivity contribution is 0.410. The summed E-state index contributed by atoms with van der Waals surface area (Å²) in [6.45, 7) is 4.81. The van der Waals surface area contributed by atoms with Crippen LogP contribution in [0.1, 0.15) is 13.3 Å². The molecule has 1 aromatic carbocycles. The zero-order valence-corrected chi connectivity index (χ0v) is 13.2. The van der Waals surface area contributed by atoms with Crippen LogP contribution in [0.25, 0.3) is 0 Å². The Bertz CT molecular complexity index is 553. The molecule has 1 N–H and O–H groups in total. The van der Waals surface area contributed by atoms with Crippen LogP contribution >= 0.6 is 0 Å². The molecule has 0 saturated carbocycles. The third-order valence-electron chi connectivity index (χ3n) is 3.60. The van der Waals surface area contributed by atoms with E-state index in [-0.39, 0.29) is 0 Å². The molecule has 0 radical (unpaired) electrons. The van der Waals surface area contributed by atoms with Gasteiger partial charge in [0, 0.05) is 33.7 Å². The second kappa shape index (κ2) is 6.11. The van der Waals surface area contributed by atoms with Gasteiger partial charge in [-0.3, -0.25) is 0 Å². The maximum atomic E-state index is 12.5. The second-order valence-corrected chi connectivity index (χ2v) is 7.38. The third-order valence-corrected chi connectivity index (χ3v) is 5.46. The number of sulfonamides is 1. The van der Waals surface area contributed by atoms with E-state index in [0.29, 0.717) is 10.9 Å². The van der Waals surface area contributed by atoms with E-state index in [2.05, 4.69) is 17.1 Å². The van der Waals surface area contributed by atoms with Gasteiger partial charge in [0.15, 0.2) is 0 Å². The van der Waals surface area contributed by atoms with Gasteiger partial charge in [0.25, 0.3) is 0 Å². The van der Waals surface area contributed by atoms with E-state index in [0.717, 1.165) is 31.7 Å². The molecule has 0 aliphatic carbocycles. The van der Waals surface area contributed by atoms with Gasteiger partial charge in [-0.05, 0) is 18.6 Å². The molecular weight excluding hydrogens is 274 g/mol. The van der Waals surface area contributed by atoms with Crippen molar-refractivity contribution < 1.29 is 8.42 Å². The van der Waals surface area contributed by atoms with Crippen LogP contribution in [-0.2, 0) is 10.0 Å². The molecule has 1 saturated heterocycles. The summed E-state index contributed by atoms with van der Waals surface area (Å²) in [6.07, 6.45) is 0.993. The van der Waals surface area contributed by atoms with Crippen LogP contribution in [0.3, 0.4) is 0 Å². The van der Waals surface area contributed by atoms with E-state index in [9.17, 15) is 8.42 Å². The molecule has 1 aliphatic rings. The van der Waals surface area contributed by atoms with Gasteiger partial charge >= 0.3 is 0 Å². The van der Waals surface area contributed by atoms with Gasteiger partial charge < -0.3 is 10.2 Å². The molecular formula is C14H23N3O2S. The minimum Gasteiger partial charge on any atom is -0.365 e. The molecule has 0 atom stereocenters. The molecule has 2 rings (SSSR count). The number of nitrogens with zero attached hydrogens (tertiary/aromatic N) is 2. The Morgan fingerprint density at radius 1 is 1.25 bits per heavy atom. The van der Waals surface area contributed by atoms with E-state index in [1.807, 2.05) is 12.1 Å². The fourth-order valence-corrected chi connectivity index (χ4v) is 3.44. The molecule has 6 heteroatoms. The number of hydrogen-bond acceptors (Lipinski definition) is 4. The molecule has 5 nitrogen and oxygen atoms in total. The quantitative estimate of drug-likeness (QED) is 0.855. The summed E-state index contributed by atoms with van der Waals surface area (Å²) in [6, 6.07) is 7.67. The zero-order valence-electron chi connectivity index (χ0n) is 12.3. The molecule has 1 aromatic rings. The summed E-state index contributed by atoms with van der Waals surface area (Å²) >= 11 is 0. The lowest BCUT2D eigenvalue weighted by Gasteiger charge is -2.40. The van der Waals surface area contributed by atoms with Crippen molar-refractivity contribution in [3.05, 3.63) is 24.3 Å². The Kier molecular flexibility index (Phi) is 4.67. The van der Waals surface area contributed by atoms with E-state index in [1.54, 1.807) is 26.2 Å². The Morgan fingerprint density at radius 3 is 2.40 bits per heavy atom. The largest absolute Gasteiger partial charge is 0.365 e. The minimum absolute atomic E-state index is 0.383. The van der Waals surface area contributed by atoms with Crippen molar-refractivity contribution in [3.63, 3.8) is 0 Å². The van der Waals surface area contributed by atoms with Crippen LogP contribution in [0, 0.1) is 0 Å². The fraction of sp³-hybridized carbons (Fsp3) is 0.571. The molecule has 1 aliphatic heterocycles. The number of hydrogen-bond donors (Lipinski definition) is 1. The first kappa shape index (κ1) is 15.3. The van der Waals surface area contributed by atoms with Crippen molar-refractivity contribution in [1.82, 2.24) is 9.62 Å². The van der Waals surface area contributed by atoms with Crippen molar-refractivity contribution in [3.8, 4) is 0 Å². The van der Waals surface area contributed by atoms with E-state index in [4.69, 9.17) is 0 Å². The highest BCUT2D eigenvalue weighted by molar-refractivity contribution is 7.89. The maximum absolute atomic E-state index is 12.5. The van der Waals surface area contributed by atoms with Crippen molar-refractivity contribution in [2.45, 2.75) is 24.3 Å². The Balaban J connectivity index is 2.45. The lowest BCUT2D eigenvalue weighted by atomic mass is 10.1. The molecule has 1 fully saturated rings. The summed E-state index contributed by atoms with van der Waals surface area (Å²) in [5, 5.41) is 3.25. The van der Waals surface area contributed by atoms with Crippen LogP contribution in [-0.4, -0.2) is 52.5 Å². The van der Waals surface area contributed by atoms with Gasteiger partial charge in [0.05, 0.1) is 11.7 Å². The topological polar surface area (TPSA) is 52.7 Å². The van der Waals surface area contributed by atoms with E-state index in [1.165, 1.54) is 4.31 Å². The molecule has 20 heavy (non-hydrogen) atoms. The van der Waals surface area contributed by atoms with Crippen LogP contribution in [0.5, 0.6) is 0 Å². The van der Waals surface area contributed by atoms with Crippen LogP contribution in [0.15, 0.2) is 29.2 Å². The van der Waals surface area contributed by atoms with Gasteiger partial charge in [-0.2, -0.15) is 0 Å². The number of anilines is 1. The summed E-state index contributed by atoms with van der Waals surface area (Å²) < 4.78 is 26.2. The summed E-state index contributed by atoms with van der Waals surface area (Å²) in [4.78, 5) is 2.61. The van der Waals surface area contributed by atoms with Gasteiger partial charge in [-0.25, -0.2) is 12.7 Å². The molecule has 0 aromatic heterocycles. The van der Waals surface area contributed by atoms with Crippen molar-refractivity contribution in [2.75, 3.05) is 38.6 Å². The Hall–Kier alpha value is -1.11. The van der Waals surface area contributed by atoms with Crippen LogP contribution < -0.4 is 10.2 Å². The van der Waals surface area contributed by atoms with Crippen molar-refractivity contribution >= 4 is 15.7 Å². The molecule has 1 heterocycles. The third kappa shape index (κ3) is 2.82. The molecule has 0 spiro atoms. The maximum Gasteiger partial charge on any atom is 0.244 e. The minimum atomic E-state index is -3.42. The number of para-hydroxylation sites is 1. The summed E-state index contributed by atoms with van der Waals surface area (Å²) in [5.74, 6) is 0. The van der Waals surface area contributed by atoms with E-state index >= 15 is 0 Å². The van der Waals surface area contributed by atoms with Gasteiger partial charge in [0.2, 0.25) is 10.0 Å². The lowest BCUT2D eigenvalue weighted by Crippen LogP contribution is -2.58. The standard InChI is InChI=1S/C14H23N3O2S/c1-4-9-17(12-10-15-11-12)13-7-5-6-8-14(13)20(18,19)16(2)3/h5-8,12,15H,4,9-11H2,1-3H3. The highest BCUT2D eigenvalue weighted by Crippen LogP contribution is 2.29. The normalized spacial score (nSPS) is 16.2. The molecule has 112 valence electrons. The first-order valence-electron chi connectivity index (χ1n) is 6.97. The molecule has 0 amide bonds. The summed E-state index contributed by atoms with van der Waals surface area (Å²) in [7, 11) is -0.276. The highest BCUT2D eigenvalue weighted by Gasteiger charge is 2.29. The van der Waals surface area contributed by atoms with Crippen LogP contribution in [0.2, 0.25) is 0 Å². The second-order valence-electron chi connectivity index (χ2n) is 5.26. The van der Waals surface area contributed by atoms with Crippen LogP contribution in [0.4, 0.5) is 5.69 Å². The monoisotopic (exact) mass is 297 g/mol. The first-order valence-corrected chi connectivity index (χ1v) is 8.41.